The van der Waals surface area contributed by atoms with Gasteiger partial charge < -0.3 is 0 Å². The lowest BCUT2D eigenvalue weighted by atomic mass is 10.1. The summed E-state index contributed by atoms with van der Waals surface area (Å²) in [7, 11) is 0. The fourth-order valence-electron chi connectivity index (χ4n) is 0.919. The van der Waals surface area contributed by atoms with E-state index in [4.69, 9.17) is 11.6 Å². The quantitative estimate of drug-likeness (QED) is 0.689. The van der Waals surface area contributed by atoms with E-state index >= 15 is 0 Å². The van der Waals surface area contributed by atoms with Gasteiger partial charge in [-0.15, -0.1) is 11.6 Å². The van der Waals surface area contributed by atoms with E-state index in [9.17, 15) is 0 Å². The fraction of sp³-hybridized carbons (Fsp3) is 0.200. The van der Waals surface area contributed by atoms with Gasteiger partial charge in [-0.1, -0.05) is 39.7 Å². The topological polar surface area (TPSA) is 0 Å². The Morgan fingerprint density at radius 2 is 2.33 bits per heavy atom. The van der Waals surface area contributed by atoms with Gasteiger partial charge in [0, 0.05) is 10.4 Å². The van der Waals surface area contributed by atoms with Gasteiger partial charge in [0.25, 0.3) is 0 Å². The Labute approximate surface area is 86.4 Å². The predicted octanol–water partition coefficient (Wildman–Crippen LogP) is 4.09. The van der Waals surface area contributed by atoms with E-state index in [1.807, 2.05) is 19.1 Å². The summed E-state index contributed by atoms with van der Waals surface area (Å²) in [6, 6.07) is 8.14. The van der Waals surface area contributed by atoms with Gasteiger partial charge in [-0.05, 0) is 24.6 Å². The van der Waals surface area contributed by atoms with Crippen molar-refractivity contribution in [2.75, 3.05) is 5.88 Å². The average molecular weight is 246 g/mol. The maximum absolute atomic E-state index is 5.66. The zero-order chi connectivity index (χ0) is 8.97. The minimum atomic E-state index is 0.590. The first-order chi connectivity index (χ1) is 5.72. The molecule has 1 aromatic carbocycles. The maximum atomic E-state index is 5.66. The van der Waals surface area contributed by atoms with E-state index in [0.29, 0.717) is 5.88 Å². The van der Waals surface area contributed by atoms with Crippen molar-refractivity contribution in [3.05, 3.63) is 39.9 Å². The standard InChI is InChI=1S/C10H10BrCl/c1-8(7-12)5-9-3-2-4-10(11)6-9/h2-6H,7H2,1H3. The lowest BCUT2D eigenvalue weighted by molar-refractivity contribution is 1.42. The second-order valence-corrected chi connectivity index (χ2v) is 3.86. The van der Waals surface area contributed by atoms with Crippen LogP contribution >= 0.6 is 27.5 Å². The SMILES string of the molecule is CC(=Cc1cccc(Br)c1)CCl. The van der Waals surface area contributed by atoms with Crippen molar-refractivity contribution in [3.8, 4) is 0 Å². The van der Waals surface area contributed by atoms with Crippen molar-refractivity contribution in [3.63, 3.8) is 0 Å². The van der Waals surface area contributed by atoms with Crippen LogP contribution in [-0.4, -0.2) is 5.88 Å². The molecule has 0 N–H and O–H groups in total. The zero-order valence-corrected chi connectivity index (χ0v) is 9.19. The Kier molecular flexibility index (Phi) is 3.83. The molecule has 0 amide bonds. The molecule has 2 heteroatoms. The first kappa shape index (κ1) is 9.82. The molecule has 1 rings (SSSR count). The monoisotopic (exact) mass is 244 g/mol. The van der Waals surface area contributed by atoms with Gasteiger partial charge in [-0.25, -0.2) is 0 Å². The average Bonchev–Trinajstić information content (AvgIpc) is 2.04. The van der Waals surface area contributed by atoms with Gasteiger partial charge in [0.1, 0.15) is 0 Å². The highest BCUT2D eigenvalue weighted by atomic mass is 79.9. The van der Waals surface area contributed by atoms with Gasteiger partial charge in [0.05, 0.1) is 0 Å². The number of alkyl halides is 1. The summed E-state index contributed by atoms with van der Waals surface area (Å²) >= 11 is 9.07. The number of hydrogen-bond acceptors (Lipinski definition) is 0. The minimum absolute atomic E-state index is 0.590. The van der Waals surface area contributed by atoms with Crippen LogP contribution in [0, 0.1) is 0 Å². The van der Waals surface area contributed by atoms with Gasteiger partial charge >= 0.3 is 0 Å². The number of rotatable bonds is 2. The summed E-state index contributed by atoms with van der Waals surface area (Å²) in [4.78, 5) is 0. The molecule has 0 saturated carbocycles. The molecule has 0 atom stereocenters. The molecule has 0 bridgehead atoms. The van der Waals surface area contributed by atoms with Crippen LogP contribution < -0.4 is 0 Å². The van der Waals surface area contributed by atoms with Crippen molar-refractivity contribution in [1.29, 1.82) is 0 Å². The smallest absolute Gasteiger partial charge is 0.0434 e. The first-order valence-electron chi connectivity index (χ1n) is 3.71. The second kappa shape index (κ2) is 4.68. The van der Waals surface area contributed by atoms with Crippen LogP contribution in [0.1, 0.15) is 12.5 Å². The second-order valence-electron chi connectivity index (χ2n) is 2.68. The van der Waals surface area contributed by atoms with Crippen LogP contribution in [0.15, 0.2) is 34.3 Å². The third-order valence-corrected chi connectivity index (χ3v) is 2.39. The van der Waals surface area contributed by atoms with Crippen LogP contribution in [0.25, 0.3) is 6.08 Å². The van der Waals surface area contributed by atoms with Crippen molar-refractivity contribution < 1.29 is 0 Å². The van der Waals surface area contributed by atoms with Gasteiger partial charge in [-0.3, -0.25) is 0 Å². The van der Waals surface area contributed by atoms with Gasteiger partial charge in [-0.2, -0.15) is 0 Å². The van der Waals surface area contributed by atoms with E-state index in [-0.39, 0.29) is 0 Å². The van der Waals surface area contributed by atoms with Crippen LogP contribution in [0.2, 0.25) is 0 Å². The highest BCUT2D eigenvalue weighted by molar-refractivity contribution is 9.10. The van der Waals surface area contributed by atoms with E-state index in [1.165, 1.54) is 11.1 Å². The Morgan fingerprint density at radius 3 is 2.92 bits per heavy atom. The molecule has 0 nitrogen and oxygen atoms in total. The van der Waals surface area contributed by atoms with E-state index in [2.05, 4.69) is 34.1 Å². The fourth-order valence-corrected chi connectivity index (χ4v) is 1.41. The van der Waals surface area contributed by atoms with Crippen molar-refractivity contribution in [2.24, 2.45) is 0 Å². The first-order valence-corrected chi connectivity index (χ1v) is 5.04. The molecule has 12 heavy (non-hydrogen) atoms. The van der Waals surface area contributed by atoms with E-state index < -0.39 is 0 Å². The number of allylic oxidation sites excluding steroid dienone is 1. The predicted molar refractivity (Wildman–Crippen MR) is 58.5 cm³/mol. The molecule has 64 valence electrons. The largest absolute Gasteiger partial charge is 0.122 e. The number of benzene rings is 1. The summed E-state index contributed by atoms with van der Waals surface area (Å²) < 4.78 is 1.10. The molecule has 0 spiro atoms. The lowest BCUT2D eigenvalue weighted by Gasteiger charge is -1.96. The molecule has 0 aromatic heterocycles. The third-order valence-electron chi connectivity index (χ3n) is 1.47. The molecule has 0 heterocycles. The Balaban J connectivity index is 2.89. The normalized spacial score (nSPS) is 11.8. The molecule has 1 aromatic rings. The van der Waals surface area contributed by atoms with E-state index in [0.717, 1.165) is 4.47 Å². The molecular weight excluding hydrogens is 235 g/mol. The maximum Gasteiger partial charge on any atom is 0.0434 e. The zero-order valence-electron chi connectivity index (χ0n) is 6.85. The molecule has 0 unspecified atom stereocenters. The molecular formula is C10H10BrCl. The molecule has 0 saturated heterocycles. The van der Waals surface area contributed by atoms with Crippen molar-refractivity contribution >= 4 is 33.6 Å². The Hall–Kier alpha value is -0.270. The van der Waals surface area contributed by atoms with E-state index in [1.54, 1.807) is 0 Å². The summed E-state index contributed by atoms with van der Waals surface area (Å²) in [5.74, 6) is 0.590. The lowest BCUT2D eigenvalue weighted by Crippen LogP contribution is -1.77. The van der Waals surface area contributed by atoms with Crippen LogP contribution in [0.4, 0.5) is 0 Å². The van der Waals surface area contributed by atoms with Crippen LogP contribution in [0.3, 0.4) is 0 Å². The highest BCUT2D eigenvalue weighted by Crippen LogP contribution is 2.14. The highest BCUT2D eigenvalue weighted by Gasteiger charge is 1.90. The number of hydrogen-bond donors (Lipinski definition) is 0. The molecule has 0 aliphatic heterocycles. The molecule has 0 radical (unpaired) electrons. The third kappa shape index (κ3) is 3.00. The molecule has 0 fully saturated rings. The minimum Gasteiger partial charge on any atom is -0.122 e. The van der Waals surface area contributed by atoms with Crippen molar-refractivity contribution in [1.82, 2.24) is 0 Å². The van der Waals surface area contributed by atoms with Crippen molar-refractivity contribution in [2.45, 2.75) is 6.92 Å². The van der Waals surface area contributed by atoms with Gasteiger partial charge in [0.15, 0.2) is 0 Å². The van der Waals surface area contributed by atoms with Crippen LogP contribution in [-0.2, 0) is 0 Å². The number of halogens is 2. The summed E-state index contributed by atoms with van der Waals surface area (Å²) in [5, 5.41) is 0. The summed E-state index contributed by atoms with van der Waals surface area (Å²) in [5.41, 5.74) is 2.36. The Morgan fingerprint density at radius 1 is 1.58 bits per heavy atom. The van der Waals surface area contributed by atoms with Crippen LogP contribution in [0.5, 0.6) is 0 Å². The molecule has 0 aliphatic rings. The summed E-state index contributed by atoms with van der Waals surface area (Å²) in [6.07, 6.45) is 2.08. The summed E-state index contributed by atoms with van der Waals surface area (Å²) in [6.45, 7) is 2.02. The van der Waals surface area contributed by atoms with Gasteiger partial charge in [0.2, 0.25) is 0 Å². The Bertz CT molecular complexity index is 292. The molecule has 0 aliphatic carbocycles.